The molecule has 0 heterocycles. The molecule has 1 fully saturated rings. The van der Waals surface area contributed by atoms with Gasteiger partial charge in [-0.3, -0.25) is 0 Å². The van der Waals surface area contributed by atoms with Crippen molar-refractivity contribution in [2.75, 3.05) is 0 Å². The molecule has 1 aliphatic rings. The Bertz CT molecular complexity index is 462. The zero-order chi connectivity index (χ0) is 14.2. The van der Waals surface area contributed by atoms with Gasteiger partial charge in [0.25, 0.3) is 0 Å². The molecular formula is C13H16ClF4NO. The summed E-state index contributed by atoms with van der Waals surface area (Å²) in [6, 6.07) is 1.34. The second-order valence-corrected chi connectivity index (χ2v) is 4.91. The van der Waals surface area contributed by atoms with Crippen LogP contribution in [0.5, 0.6) is 0 Å². The average Bonchev–Trinajstić information content (AvgIpc) is 2.24. The Morgan fingerprint density at radius 3 is 2.30 bits per heavy atom. The third-order valence-electron chi connectivity index (χ3n) is 3.69. The van der Waals surface area contributed by atoms with Gasteiger partial charge in [-0.25, -0.2) is 4.39 Å². The van der Waals surface area contributed by atoms with Crippen LogP contribution in [-0.2, 0) is 6.18 Å². The molecule has 7 heteroatoms. The maximum Gasteiger partial charge on any atom is 0.416 e. The molecule has 2 nitrogen and oxygen atoms in total. The number of benzene rings is 1. The lowest BCUT2D eigenvalue weighted by Gasteiger charge is -2.34. The molecule has 0 aliphatic heterocycles. The largest absolute Gasteiger partial charge is 0.416 e. The first kappa shape index (κ1) is 17.2. The van der Waals surface area contributed by atoms with Gasteiger partial charge in [-0.15, -0.1) is 12.4 Å². The van der Waals surface area contributed by atoms with E-state index in [0.717, 1.165) is 24.6 Å². The van der Waals surface area contributed by atoms with E-state index in [1.165, 1.54) is 0 Å². The molecule has 114 valence electrons. The molecule has 2 rings (SSSR count). The molecule has 1 aromatic carbocycles. The number of rotatable bonds is 3. The summed E-state index contributed by atoms with van der Waals surface area (Å²) >= 11 is 0. The summed E-state index contributed by atoms with van der Waals surface area (Å²) in [6.45, 7) is 0. The van der Waals surface area contributed by atoms with Crippen molar-refractivity contribution >= 4 is 12.4 Å². The van der Waals surface area contributed by atoms with Crippen LogP contribution >= 0.6 is 12.4 Å². The predicted octanol–water partition coefficient (Wildman–Crippen LogP) is 3.43. The van der Waals surface area contributed by atoms with Gasteiger partial charge in [0.05, 0.1) is 17.7 Å². The highest BCUT2D eigenvalue weighted by Crippen LogP contribution is 2.39. The molecule has 0 unspecified atom stereocenters. The third kappa shape index (κ3) is 3.24. The number of halogens is 5. The van der Waals surface area contributed by atoms with Gasteiger partial charge in [0, 0.05) is 5.56 Å². The second-order valence-electron chi connectivity index (χ2n) is 4.91. The Kier molecular flexibility index (Phi) is 5.40. The molecule has 1 aliphatic carbocycles. The molecule has 2 atom stereocenters. The maximum absolute atomic E-state index is 13.7. The summed E-state index contributed by atoms with van der Waals surface area (Å²) < 4.78 is 52.2. The molecule has 1 aromatic rings. The fraction of sp³-hybridized carbons (Fsp3) is 0.538. The van der Waals surface area contributed by atoms with Gasteiger partial charge in [-0.1, -0.05) is 12.5 Å². The molecule has 0 aromatic heterocycles. The Labute approximate surface area is 120 Å². The minimum absolute atomic E-state index is 0. The van der Waals surface area contributed by atoms with Crippen molar-refractivity contribution in [3.63, 3.8) is 0 Å². The van der Waals surface area contributed by atoms with Crippen LogP contribution in [0.4, 0.5) is 17.6 Å². The van der Waals surface area contributed by atoms with Gasteiger partial charge in [-0.2, -0.15) is 13.2 Å². The van der Waals surface area contributed by atoms with E-state index in [1.807, 2.05) is 0 Å². The van der Waals surface area contributed by atoms with Gasteiger partial charge < -0.3 is 10.8 Å². The van der Waals surface area contributed by atoms with E-state index in [0.29, 0.717) is 12.8 Å². The highest BCUT2D eigenvalue weighted by molar-refractivity contribution is 5.85. The standard InChI is InChI=1S/C13H15F4NO.ClH/c14-9-6-2-5-8(13(15,16)17)10(9)11(18)12(19)7-3-1-4-7;/h2,5-7,11-12,19H,1,3-4,18H2;1H/t11-,12+;/m0./s1. The molecule has 0 bridgehead atoms. The van der Waals surface area contributed by atoms with Gasteiger partial charge in [0.2, 0.25) is 0 Å². The topological polar surface area (TPSA) is 46.2 Å². The van der Waals surface area contributed by atoms with Crippen molar-refractivity contribution < 1.29 is 22.7 Å². The summed E-state index contributed by atoms with van der Waals surface area (Å²) in [7, 11) is 0. The van der Waals surface area contributed by atoms with Crippen molar-refractivity contribution in [3.05, 3.63) is 35.1 Å². The first-order valence-electron chi connectivity index (χ1n) is 6.11. The summed E-state index contributed by atoms with van der Waals surface area (Å²) in [5.41, 5.74) is 3.90. The lowest BCUT2D eigenvalue weighted by Crippen LogP contribution is -2.38. The lowest BCUT2D eigenvalue weighted by atomic mass is 9.77. The van der Waals surface area contributed by atoms with Crippen molar-refractivity contribution in [2.24, 2.45) is 11.7 Å². The molecule has 0 saturated heterocycles. The number of aliphatic hydroxyl groups excluding tert-OH is 1. The lowest BCUT2D eigenvalue weighted by molar-refractivity contribution is -0.139. The number of aliphatic hydroxyl groups is 1. The fourth-order valence-electron chi connectivity index (χ4n) is 2.37. The van der Waals surface area contributed by atoms with Gasteiger partial charge in [0.15, 0.2) is 0 Å². The van der Waals surface area contributed by atoms with Crippen molar-refractivity contribution in [1.82, 2.24) is 0 Å². The van der Waals surface area contributed by atoms with Crippen LogP contribution in [0.15, 0.2) is 18.2 Å². The van der Waals surface area contributed by atoms with E-state index in [2.05, 4.69) is 0 Å². The summed E-state index contributed by atoms with van der Waals surface area (Å²) in [5.74, 6) is -1.17. The maximum atomic E-state index is 13.7. The molecule has 0 spiro atoms. The van der Waals surface area contributed by atoms with Gasteiger partial charge in [-0.05, 0) is 30.9 Å². The van der Waals surface area contributed by atoms with Crippen molar-refractivity contribution in [3.8, 4) is 0 Å². The SMILES string of the molecule is Cl.N[C@@H](c1c(F)cccc1C(F)(F)F)[C@H](O)C1CCC1. The van der Waals surface area contributed by atoms with Crippen LogP contribution in [0.3, 0.4) is 0 Å². The number of nitrogens with two attached hydrogens (primary N) is 1. The number of hydrogen-bond donors (Lipinski definition) is 2. The Balaban J connectivity index is 0.00000200. The smallest absolute Gasteiger partial charge is 0.391 e. The third-order valence-corrected chi connectivity index (χ3v) is 3.69. The normalized spacial score (nSPS) is 18.9. The number of alkyl halides is 3. The van der Waals surface area contributed by atoms with E-state index in [-0.39, 0.29) is 18.3 Å². The summed E-state index contributed by atoms with van der Waals surface area (Å²) in [4.78, 5) is 0. The molecule has 3 N–H and O–H groups in total. The zero-order valence-electron chi connectivity index (χ0n) is 10.5. The molecule has 0 amide bonds. The van der Waals surface area contributed by atoms with E-state index < -0.39 is 35.3 Å². The van der Waals surface area contributed by atoms with Crippen LogP contribution < -0.4 is 5.73 Å². The molecular weight excluding hydrogens is 298 g/mol. The Hall–Kier alpha value is -0.850. The molecule has 1 saturated carbocycles. The Morgan fingerprint density at radius 1 is 1.25 bits per heavy atom. The first-order valence-corrected chi connectivity index (χ1v) is 6.11. The zero-order valence-corrected chi connectivity index (χ0v) is 11.3. The average molecular weight is 314 g/mol. The number of hydrogen-bond acceptors (Lipinski definition) is 2. The van der Waals surface area contributed by atoms with E-state index in [9.17, 15) is 22.7 Å². The highest BCUT2D eigenvalue weighted by Gasteiger charge is 2.39. The first-order chi connectivity index (χ1) is 8.82. The van der Waals surface area contributed by atoms with Crippen molar-refractivity contribution in [2.45, 2.75) is 37.6 Å². The van der Waals surface area contributed by atoms with Crippen LogP contribution in [0, 0.1) is 11.7 Å². The van der Waals surface area contributed by atoms with Crippen LogP contribution in [0.1, 0.15) is 36.4 Å². The molecule has 20 heavy (non-hydrogen) atoms. The van der Waals surface area contributed by atoms with E-state index >= 15 is 0 Å². The minimum Gasteiger partial charge on any atom is -0.391 e. The fourth-order valence-corrected chi connectivity index (χ4v) is 2.37. The second kappa shape index (κ2) is 6.28. The quantitative estimate of drug-likeness (QED) is 0.840. The van der Waals surface area contributed by atoms with E-state index in [1.54, 1.807) is 0 Å². The van der Waals surface area contributed by atoms with Crippen LogP contribution in [-0.4, -0.2) is 11.2 Å². The van der Waals surface area contributed by atoms with Crippen LogP contribution in [0.2, 0.25) is 0 Å². The highest BCUT2D eigenvalue weighted by atomic mass is 35.5. The van der Waals surface area contributed by atoms with E-state index in [4.69, 9.17) is 5.73 Å². The van der Waals surface area contributed by atoms with Gasteiger partial charge >= 0.3 is 6.18 Å². The van der Waals surface area contributed by atoms with Gasteiger partial charge in [0.1, 0.15) is 5.82 Å². The monoisotopic (exact) mass is 313 g/mol. The van der Waals surface area contributed by atoms with Crippen LogP contribution in [0.25, 0.3) is 0 Å². The molecule has 0 radical (unpaired) electrons. The summed E-state index contributed by atoms with van der Waals surface area (Å²) in [6.07, 6.45) is -3.49. The summed E-state index contributed by atoms with van der Waals surface area (Å²) in [5, 5.41) is 9.95. The minimum atomic E-state index is -4.69. The Morgan fingerprint density at radius 2 is 1.85 bits per heavy atom. The predicted molar refractivity (Wildman–Crippen MR) is 68.9 cm³/mol. The van der Waals surface area contributed by atoms with Crippen molar-refractivity contribution in [1.29, 1.82) is 0 Å².